The molecule has 0 fully saturated rings. The number of carbonyl (C=O) groups excluding carboxylic acids is 2. The van der Waals surface area contributed by atoms with Gasteiger partial charge in [0.1, 0.15) is 18.1 Å². The van der Waals surface area contributed by atoms with Gasteiger partial charge in [-0.3, -0.25) is 9.59 Å². The van der Waals surface area contributed by atoms with Crippen LogP contribution in [0.3, 0.4) is 0 Å². The summed E-state index contributed by atoms with van der Waals surface area (Å²) in [5, 5.41) is 4.08. The zero-order valence-electron chi connectivity index (χ0n) is 51.8. The van der Waals surface area contributed by atoms with E-state index in [-0.39, 0.29) is 17.7 Å². The van der Waals surface area contributed by atoms with Crippen LogP contribution in [0, 0.1) is 59.7 Å². The van der Waals surface area contributed by atoms with Crippen molar-refractivity contribution < 1.29 is 19.1 Å². The molecule has 84 heavy (non-hydrogen) atoms. The largest absolute Gasteiger partial charge is 0.493 e. The highest BCUT2D eigenvalue weighted by atomic mass is 32.1. The molecular weight excluding hydrogens is 1070 g/mol. The monoisotopic (exact) mass is 1170 g/mol. The second-order valence-corrected chi connectivity index (χ2v) is 25.3. The number of fused-ring (bicyclic) bond motifs is 1. The van der Waals surface area contributed by atoms with Crippen LogP contribution in [0.2, 0.25) is 0 Å². The van der Waals surface area contributed by atoms with E-state index in [9.17, 15) is 9.59 Å². The average Bonchev–Trinajstić information content (AvgIpc) is 2.19. The van der Waals surface area contributed by atoms with Crippen LogP contribution in [0.1, 0.15) is 241 Å². The van der Waals surface area contributed by atoms with Crippen LogP contribution in [0.4, 0.5) is 0 Å². The van der Waals surface area contributed by atoms with E-state index < -0.39 is 0 Å². The number of unbranched alkanes of at least 4 members (excludes halogenated alkanes) is 23. The highest BCUT2D eigenvalue weighted by Crippen LogP contribution is 2.48. The van der Waals surface area contributed by atoms with E-state index in [1.807, 2.05) is 32.7 Å². The van der Waals surface area contributed by atoms with Gasteiger partial charge in [0.05, 0.1) is 44.8 Å². The maximum Gasteiger partial charge on any atom is 0.261 e. The van der Waals surface area contributed by atoms with Crippen LogP contribution in [0.5, 0.6) is 11.5 Å². The van der Waals surface area contributed by atoms with Gasteiger partial charge in [0, 0.05) is 13.1 Å². The van der Waals surface area contributed by atoms with Gasteiger partial charge < -0.3 is 19.3 Å². The van der Waals surface area contributed by atoms with Crippen molar-refractivity contribution in [1.29, 1.82) is 0 Å². The molecule has 0 radical (unpaired) electrons. The maximum absolute atomic E-state index is 14.7. The normalized spacial score (nSPS) is 13.5. The molecule has 0 aliphatic carbocycles. The second kappa shape index (κ2) is 41.2. The number of rotatable bonds is 45. The summed E-state index contributed by atoms with van der Waals surface area (Å²) in [5.41, 5.74) is 5.28. The second-order valence-electron chi connectivity index (χ2n) is 23.4. The summed E-state index contributed by atoms with van der Waals surface area (Å²) in [4.78, 5) is 35.2. The third kappa shape index (κ3) is 23.9. The van der Waals surface area contributed by atoms with E-state index in [1.54, 1.807) is 22.7 Å². The summed E-state index contributed by atoms with van der Waals surface area (Å²) in [6.07, 6.45) is 45.4. The van der Waals surface area contributed by atoms with Gasteiger partial charge in [0.15, 0.2) is 0 Å². The molecule has 2 aliphatic rings. The molecule has 6 rings (SSSR count). The molecule has 450 valence electrons. The molecule has 6 nitrogen and oxygen atoms in total. The van der Waals surface area contributed by atoms with Gasteiger partial charge in [-0.1, -0.05) is 217 Å². The third-order valence-corrected chi connectivity index (χ3v) is 18.4. The van der Waals surface area contributed by atoms with Crippen molar-refractivity contribution in [2.75, 3.05) is 26.3 Å². The van der Waals surface area contributed by atoms with E-state index in [0.29, 0.717) is 36.8 Å². The molecule has 4 aromatic rings. The molecule has 2 aliphatic heterocycles. The van der Waals surface area contributed by atoms with Gasteiger partial charge in [0.25, 0.3) is 11.8 Å². The van der Waals surface area contributed by atoms with E-state index in [0.717, 1.165) is 103 Å². The first kappa shape index (κ1) is 67.2. The molecule has 0 bridgehead atoms. The number of hydrogen-bond acceptors (Lipinski definition) is 6. The van der Waals surface area contributed by atoms with E-state index >= 15 is 0 Å². The Balaban J connectivity index is 0.962. The lowest BCUT2D eigenvalue weighted by molar-refractivity contribution is -0.124. The summed E-state index contributed by atoms with van der Waals surface area (Å²) >= 11 is 3.19. The highest BCUT2D eigenvalue weighted by molar-refractivity contribution is 7.11. The zero-order chi connectivity index (χ0) is 59.1. The van der Waals surface area contributed by atoms with Crippen LogP contribution in [0.25, 0.3) is 11.4 Å². The molecule has 0 saturated heterocycles. The zero-order valence-corrected chi connectivity index (χ0v) is 53.5. The molecule has 2 unspecified atom stereocenters. The fourth-order valence-electron chi connectivity index (χ4n) is 11.7. The minimum atomic E-state index is -0.0548. The Morgan fingerprint density at radius 1 is 0.440 bits per heavy atom. The Morgan fingerprint density at radius 2 is 0.833 bits per heavy atom. The van der Waals surface area contributed by atoms with Crippen molar-refractivity contribution in [2.24, 2.45) is 11.8 Å². The first-order valence-electron chi connectivity index (χ1n) is 33.1. The van der Waals surface area contributed by atoms with Crippen molar-refractivity contribution >= 4 is 45.9 Å². The molecule has 2 aromatic carbocycles. The Kier molecular flexibility index (Phi) is 33.0. The van der Waals surface area contributed by atoms with Gasteiger partial charge in [-0.15, -0.1) is 29.1 Å². The minimum absolute atomic E-state index is 0.0497. The smallest absolute Gasteiger partial charge is 0.261 e. The molecule has 0 N–H and O–H groups in total. The molecule has 0 saturated carbocycles. The number of nitrogens with zero attached hydrogens (tertiary/aromatic N) is 2. The van der Waals surface area contributed by atoms with E-state index in [2.05, 4.69) is 123 Å². The predicted octanol–water partition coefficient (Wildman–Crippen LogP) is 19.9. The highest BCUT2D eigenvalue weighted by Gasteiger charge is 2.49. The van der Waals surface area contributed by atoms with E-state index in [1.165, 1.54) is 159 Å². The number of carbonyl (C=O) groups is 2. The molecule has 2 amide bonds. The van der Waals surface area contributed by atoms with Gasteiger partial charge in [-0.25, -0.2) is 0 Å². The molecule has 8 heteroatoms. The summed E-state index contributed by atoms with van der Waals surface area (Å²) in [7, 11) is 0. The third-order valence-electron chi connectivity index (χ3n) is 16.6. The number of benzene rings is 2. The van der Waals surface area contributed by atoms with Gasteiger partial charge in [-0.05, 0) is 158 Å². The molecular formula is C76H100N2O4S2. The predicted molar refractivity (Wildman–Crippen MR) is 356 cm³/mol. The minimum Gasteiger partial charge on any atom is -0.493 e. The lowest BCUT2D eigenvalue weighted by Gasteiger charge is -2.24. The van der Waals surface area contributed by atoms with Gasteiger partial charge >= 0.3 is 0 Å². The van der Waals surface area contributed by atoms with Crippen LogP contribution >= 0.6 is 22.7 Å². The summed E-state index contributed by atoms with van der Waals surface area (Å²) in [6, 6.07) is 25.4. The van der Waals surface area contributed by atoms with Crippen molar-refractivity contribution in [2.45, 2.75) is 233 Å². The number of hydrogen-bond donors (Lipinski definition) is 0. The first-order valence-corrected chi connectivity index (χ1v) is 34.8. The van der Waals surface area contributed by atoms with Crippen LogP contribution in [0.15, 0.2) is 94.7 Å². The number of aryl methyl sites for hydroxylation is 2. The van der Waals surface area contributed by atoms with Crippen LogP contribution in [-0.4, -0.2) is 47.9 Å². The maximum atomic E-state index is 14.7. The Morgan fingerprint density at radius 3 is 1.26 bits per heavy atom. The van der Waals surface area contributed by atoms with Crippen molar-refractivity contribution in [3.05, 3.63) is 116 Å². The summed E-state index contributed by atoms with van der Waals surface area (Å²) in [5.74, 6) is 21.7. The van der Waals surface area contributed by atoms with Crippen LogP contribution < -0.4 is 9.47 Å². The summed E-state index contributed by atoms with van der Waals surface area (Å²) in [6.45, 7) is 9.32. The Bertz CT molecular complexity index is 2800. The number of terminal acetylenes is 1. The number of amides is 2. The molecule has 2 aromatic heterocycles. The molecule has 0 spiro atoms. The first-order chi connectivity index (χ1) is 41.4. The lowest BCUT2D eigenvalue weighted by Crippen LogP contribution is -2.30. The SMILES string of the molecule is C#CC#CC#CC#CC(CCCCCCCCCC)COc1ccc(CCCCCN2C(=O)C3=C(c4cccs4)N(CCCCCc4ccc(OCC(CCCCCCCC)CCCCCCCCCC)cc4)C(=O)C3=C2c2cccs2)cc1. The van der Waals surface area contributed by atoms with Gasteiger partial charge in [-0.2, -0.15) is 0 Å². The standard InChI is InChI=1S/C76H100N2O4S2/c1-5-9-13-17-21-23-27-33-45-65(43-31-25-19-15-11-7-3)61-81-67-53-49-63(50-54-67)41-35-29-37-57-77-73(69-47-39-59-83-69)71-72(75(77)79)74(70-48-40-60-84-70)78(76(71)80)58-38-30-36-42-64-51-55-68(56-52-64)82-62-66(44-32-26-20-16-12-8-4)46-34-28-24-22-18-14-10-6-2/h3,39-40,47-56,59-60,65-66H,5-6,8-10,12-14,16-18,20-24,26-30,32-38,41-42,44-46,57-58,61-62H2,1-2,4H3. The molecule has 2 atom stereocenters. The van der Waals surface area contributed by atoms with Crippen LogP contribution in [-0.2, 0) is 22.4 Å². The van der Waals surface area contributed by atoms with Gasteiger partial charge in [0.2, 0.25) is 0 Å². The summed E-state index contributed by atoms with van der Waals surface area (Å²) < 4.78 is 12.8. The topological polar surface area (TPSA) is 59.1 Å². The Labute approximate surface area is 517 Å². The average molecular weight is 1170 g/mol. The van der Waals surface area contributed by atoms with Crippen molar-refractivity contribution in [3.63, 3.8) is 0 Å². The number of ether oxygens (including phenoxy) is 2. The van der Waals surface area contributed by atoms with E-state index in [4.69, 9.17) is 15.9 Å². The molecule has 4 heterocycles. The fourth-order valence-corrected chi connectivity index (χ4v) is 13.3. The number of thiophene rings is 2. The fraction of sp³-hybridized carbons (Fsp3) is 0.553. The van der Waals surface area contributed by atoms with Crippen molar-refractivity contribution in [3.8, 4) is 59.4 Å². The van der Waals surface area contributed by atoms with Crippen molar-refractivity contribution in [1.82, 2.24) is 9.80 Å². The quantitative estimate of drug-likeness (QED) is 0.0327. The Hall–Kier alpha value is -5.90. The lowest BCUT2D eigenvalue weighted by atomic mass is 9.94.